The Balaban J connectivity index is 2.31. The van der Waals surface area contributed by atoms with Crippen molar-refractivity contribution in [1.29, 1.82) is 0 Å². The van der Waals surface area contributed by atoms with Crippen molar-refractivity contribution in [3.63, 3.8) is 0 Å². The third kappa shape index (κ3) is 5.04. The molecule has 0 aliphatic carbocycles. The molecule has 2 N–H and O–H groups in total. The summed E-state index contributed by atoms with van der Waals surface area (Å²) in [7, 11) is 0. The first-order valence-electron chi connectivity index (χ1n) is 5.14. The summed E-state index contributed by atoms with van der Waals surface area (Å²) < 4.78 is 0. The number of hydrogen-bond acceptors (Lipinski definition) is 4. The molecule has 0 aliphatic heterocycles. The summed E-state index contributed by atoms with van der Waals surface area (Å²) in [5.41, 5.74) is 0.799. The molecule has 1 rings (SSSR count). The van der Waals surface area contributed by atoms with Gasteiger partial charge >= 0.3 is 0 Å². The number of aryl methyl sites for hydroxylation is 1. The molecular formula is C11H16N2O2S. The molecule has 0 aromatic carbocycles. The highest BCUT2D eigenvalue weighted by Gasteiger charge is 1.98. The summed E-state index contributed by atoms with van der Waals surface area (Å²) in [6.07, 6.45) is 3.32. The van der Waals surface area contributed by atoms with Crippen molar-refractivity contribution in [2.24, 2.45) is 0 Å². The van der Waals surface area contributed by atoms with Gasteiger partial charge in [-0.25, -0.2) is 4.98 Å². The van der Waals surface area contributed by atoms with Crippen molar-refractivity contribution in [1.82, 2.24) is 10.3 Å². The molecule has 1 amide bonds. The molecule has 0 fully saturated rings. The topological polar surface area (TPSA) is 62.2 Å². The number of rotatable bonds is 5. The quantitative estimate of drug-likeness (QED) is 0.764. The monoisotopic (exact) mass is 240 g/mol. The lowest BCUT2D eigenvalue weighted by atomic mass is 10.3. The lowest BCUT2D eigenvalue weighted by molar-refractivity contribution is -0.116. The number of thiazole rings is 1. The molecule has 5 heteroatoms. The zero-order valence-electron chi connectivity index (χ0n) is 9.43. The molecule has 0 bridgehead atoms. The van der Waals surface area contributed by atoms with Crippen LogP contribution in [0.15, 0.2) is 11.5 Å². The smallest absolute Gasteiger partial charge is 0.244 e. The molecule has 1 aromatic heterocycles. The van der Waals surface area contributed by atoms with E-state index in [0.717, 1.165) is 10.7 Å². The highest BCUT2D eigenvalue weighted by Crippen LogP contribution is 2.08. The van der Waals surface area contributed by atoms with Crippen LogP contribution < -0.4 is 5.32 Å². The summed E-state index contributed by atoms with van der Waals surface area (Å²) in [5.74, 6) is -0.161. The van der Waals surface area contributed by atoms with Crippen LogP contribution in [-0.2, 0) is 4.79 Å². The van der Waals surface area contributed by atoms with Crippen molar-refractivity contribution in [2.75, 3.05) is 6.54 Å². The number of carbonyl (C=O) groups is 1. The van der Waals surface area contributed by atoms with Gasteiger partial charge in [0, 0.05) is 18.0 Å². The van der Waals surface area contributed by atoms with Gasteiger partial charge in [0.05, 0.1) is 16.8 Å². The first kappa shape index (κ1) is 12.9. The maximum atomic E-state index is 11.3. The lowest BCUT2D eigenvalue weighted by Gasteiger charge is -2.03. The second-order valence-corrected chi connectivity index (χ2v) is 4.62. The highest BCUT2D eigenvalue weighted by atomic mass is 32.1. The Kier molecular flexibility index (Phi) is 5.14. The van der Waals surface area contributed by atoms with Gasteiger partial charge in [-0.3, -0.25) is 4.79 Å². The van der Waals surface area contributed by atoms with Crippen LogP contribution in [0.5, 0.6) is 0 Å². The van der Waals surface area contributed by atoms with Crippen LogP contribution in [0.25, 0.3) is 6.08 Å². The molecule has 1 aromatic rings. The van der Waals surface area contributed by atoms with Crippen LogP contribution in [0.4, 0.5) is 0 Å². The summed E-state index contributed by atoms with van der Waals surface area (Å²) in [4.78, 5) is 15.5. The predicted octanol–water partition coefficient (Wildman–Crippen LogP) is 1.35. The Hall–Kier alpha value is -1.20. The number of hydrogen-bond donors (Lipinski definition) is 2. The summed E-state index contributed by atoms with van der Waals surface area (Å²) in [6, 6.07) is 0. The molecule has 4 nitrogen and oxygen atoms in total. The van der Waals surface area contributed by atoms with Crippen molar-refractivity contribution >= 4 is 23.3 Å². The minimum atomic E-state index is -0.384. The molecule has 1 atom stereocenters. The Bertz CT molecular complexity index is 372. The number of aliphatic hydroxyl groups is 1. The molecule has 1 unspecified atom stereocenters. The number of carbonyl (C=O) groups excluding carboxylic acids is 1. The standard InChI is InChI=1S/C11H16N2O2S/c1-8(14)5-6-12-11(15)4-3-10-7-16-9(2)13-10/h3-4,7-8,14H,5-6H2,1-2H3,(H,12,15). The third-order valence-electron chi connectivity index (χ3n) is 1.90. The lowest BCUT2D eigenvalue weighted by Crippen LogP contribution is -2.24. The molecule has 88 valence electrons. The summed E-state index contributed by atoms with van der Waals surface area (Å²) in [6.45, 7) is 4.10. The average Bonchev–Trinajstić information content (AvgIpc) is 2.61. The van der Waals surface area contributed by atoms with Crippen LogP contribution in [0.3, 0.4) is 0 Å². The van der Waals surface area contributed by atoms with Crippen LogP contribution in [-0.4, -0.2) is 28.6 Å². The van der Waals surface area contributed by atoms with Crippen molar-refractivity contribution < 1.29 is 9.90 Å². The maximum absolute atomic E-state index is 11.3. The SMILES string of the molecule is Cc1nc(C=CC(=O)NCCC(C)O)cs1. The fourth-order valence-corrected chi connectivity index (χ4v) is 1.66. The minimum absolute atomic E-state index is 0.161. The van der Waals surface area contributed by atoms with Crippen molar-refractivity contribution in [3.05, 3.63) is 22.2 Å². The van der Waals surface area contributed by atoms with Gasteiger partial charge in [-0.05, 0) is 26.3 Å². The van der Waals surface area contributed by atoms with E-state index in [1.807, 2.05) is 12.3 Å². The Morgan fingerprint density at radius 2 is 2.50 bits per heavy atom. The molecule has 0 radical (unpaired) electrons. The minimum Gasteiger partial charge on any atom is -0.393 e. The van der Waals surface area contributed by atoms with Crippen molar-refractivity contribution in [3.8, 4) is 0 Å². The number of aromatic nitrogens is 1. The zero-order chi connectivity index (χ0) is 12.0. The van der Waals surface area contributed by atoms with E-state index in [0.29, 0.717) is 13.0 Å². The van der Waals surface area contributed by atoms with Crippen LogP contribution >= 0.6 is 11.3 Å². The van der Waals surface area contributed by atoms with E-state index in [4.69, 9.17) is 5.11 Å². The van der Waals surface area contributed by atoms with Gasteiger partial charge in [-0.15, -0.1) is 11.3 Å². The normalized spacial score (nSPS) is 12.9. The number of nitrogens with zero attached hydrogens (tertiary/aromatic N) is 1. The van der Waals surface area contributed by atoms with Gasteiger partial charge in [0.2, 0.25) is 5.91 Å². The summed E-state index contributed by atoms with van der Waals surface area (Å²) in [5, 5.41) is 14.6. The highest BCUT2D eigenvalue weighted by molar-refractivity contribution is 7.09. The molecular weight excluding hydrogens is 224 g/mol. The maximum Gasteiger partial charge on any atom is 0.244 e. The van der Waals surface area contributed by atoms with Gasteiger partial charge in [0.1, 0.15) is 0 Å². The molecule has 0 aliphatic rings. The first-order valence-corrected chi connectivity index (χ1v) is 6.02. The molecule has 16 heavy (non-hydrogen) atoms. The summed E-state index contributed by atoms with van der Waals surface area (Å²) >= 11 is 1.55. The third-order valence-corrected chi connectivity index (χ3v) is 2.70. The molecule has 0 saturated heterocycles. The Labute approximate surface area is 99.0 Å². The second kappa shape index (κ2) is 6.40. The largest absolute Gasteiger partial charge is 0.393 e. The van der Waals surface area contributed by atoms with Crippen LogP contribution in [0.2, 0.25) is 0 Å². The molecule has 1 heterocycles. The van der Waals surface area contributed by atoms with E-state index in [9.17, 15) is 4.79 Å². The van der Waals surface area contributed by atoms with Gasteiger partial charge in [-0.1, -0.05) is 0 Å². The number of aliphatic hydroxyl groups excluding tert-OH is 1. The first-order chi connectivity index (χ1) is 7.58. The predicted molar refractivity (Wildman–Crippen MR) is 65.2 cm³/mol. The molecule has 0 spiro atoms. The van der Waals surface area contributed by atoms with E-state index in [2.05, 4.69) is 10.3 Å². The Morgan fingerprint density at radius 3 is 3.06 bits per heavy atom. The van der Waals surface area contributed by atoms with E-state index in [1.165, 1.54) is 6.08 Å². The zero-order valence-corrected chi connectivity index (χ0v) is 10.3. The Morgan fingerprint density at radius 1 is 1.75 bits per heavy atom. The van der Waals surface area contributed by atoms with Gasteiger partial charge in [-0.2, -0.15) is 0 Å². The number of nitrogens with one attached hydrogen (secondary N) is 1. The van der Waals surface area contributed by atoms with Gasteiger partial charge in [0.15, 0.2) is 0 Å². The van der Waals surface area contributed by atoms with E-state index < -0.39 is 0 Å². The average molecular weight is 240 g/mol. The van der Waals surface area contributed by atoms with Crippen LogP contribution in [0, 0.1) is 6.92 Å². The number of amides is 1. The molecule has 0 saturated carbocycles. The van der Waals surface area contributed by atoms with Crippen LogP contribution in [0.1, 0.15) is 24.0 Å². The van der Waals surface area contributed by atoms with E-state index in [1.54, 1.807) is 24.3 Å². The van der Waals surface area contributed by atoms with Gasteiger partial charge in [0.25, 0.3) is 0 Å². The fourth-order valence-electron chi connectivity index (χ4n) is 1.08. The second-order valence-electron chi connectivity index (χ2n) is 3.55. The van der Waals surface area contributed by atoms with E-state index >= 15 is 0 Å². The van der Waals surface area contributed by atoms with Crippen molar-refractivity contribution in [2.45, 2.75) is 26.4 Å². The van der Waals surface area contributed by atoms with E-state index in [-0.39, 0.29) is 12.0 Å². The van der Waals surface area contributed by atoms with Gasteiger partial charge < -0.3 is 10.4 Å². The fraction of sp³-hybridized carbons (Fsp3) is 0.455.